The molecule has 3 rings (SSSR count). The van der Waals surface area contributed by atoms with Crippen molar-refractivity contribution in [3.8, 4) is 17.0 Å². The summed E-state index contributed by atoms with van der Waals surface area (Å²) in [6.45, 7) is 4.60. The molecule has 30 heavy (non-hydrogen) atoms. The molecule has 1 amide bonds. The standard InChI is InChI=1S/C23H29FN2O4/c1-15(2)29-11-12-30-23-19(16-7-9-18(24)10-8-16)13-17(14-25-23)22(28)26-20-5-3-4-6-21(20)27/h7-10,13-15,20-21,27H,3-6,11-12H2,1-2H3,(H,26,28)/t20-,21-/m1/s1. The van der Waals surface area contributed by atoms with Gasteiger partial charge < -0.3 is 19.9 Å². The Morgan fingerprint density at radius 3 is 2.67 bits per heavy atom. The maximum Gasteiger partial charge on any atom is 0.253 e. The minimum atomic E-state index is -0.532. The number of carbonyl (C=O) groups excluding carboxylic acids is 1. The number of aliphatic hydroxyl groups excluding tert-OH is 1. The SMILES string of the molecule is CC(C)OCCOc1ncc(C(=O)N[C@@H]2CCCC[C@H]2O)cc1-c1ccc(F)cc1. The van der Waals surface area contributed by atoms with Gasteiger partial charge in [0.25, 0.3) is 5.91 Å². The van der Waals surface area contributed by atoms with Gasteiger partial charge in [0.2, 0.25) is 5.88 Å². The zero-order chi connectivity index (χ0) is 21.5. The van der Waals surface area contributed by atoms with Crippen LogP contribution in [0.5, 0.6) is 5.88 Å². The van der Waals surface area contributed by atoms with E-state index in [4.69, 9.17) is 9.47 Å². The minimum Gasteiger partial charge on any atom is -0.475 e. The Kier molecular flexibility index (Phi) is 7.76. The average Bonchev–Trinajstić information content (AvgIpc) is 2.73. The number of nitrogens with zero attached hydrogens (tertiary/aromatic N) is 1. The molecule has 0 spiro atoms. The predicted molar refractivity (Wildman–Crippen MR) is 112 cm³/mol. The van der Waals surface area contributed by atoms with Crippen molar-refractivity contribution in [2.24, 2.45) is 0 Å². The second-order valence-corrected chi connectivity index (χ2v) is 7.78. The van der Waals surface area contributed by atoms with E-state index < -0.39 is 6.10 Å². The first-order valence-corrected chi connectivity index (χ1v) is 10.4. The van der Waals surface area contributed by atoms with Crippen molar-refractivity contribution in [3.05, 3.63) is 47.9 Å². The van der Waals surface area contributed by atoms with E-state index in [2.05, 4.69) is 10.3 Å². The van der Waals surface area contributed by atoms with E-state index in [1.54, 1.807) is 18.2 Å². The smallest absolute Gasteiger partial charge is 0.253 e. The summed E-state index contributed by atoms with van der Waals surface area (Å²) in [5.41, 5.74) is 1.64. The molecule has 1 saturated carbocycles. The molecule has 2 atom stereocenters. The molecule has 162 valence electrons. The van der Waals surface area contributed by atoms with Crippen molar-refractivity contribution in [2.45, 2.75) is 57.8 Å². The van der Waals surface area contributed by atoms with E-state index in [1.165, 1.54) is 18.3 Å². The largest absolute Gasteiger partial charge is 0.475 e. The molecule has 0 unspecified atom stereocenters. The maximum atomic E-state index is 13.4. The molecule has 1 fully saturated rings. The number of benzene rings is 1. The van der Waals surface area contributed by atoms with Crippen LogP contribution in [0.2, 0.25) is 0 Å². The quantitative estimate of drug-likeness (QED) is 0.641. The zero-order valence-electron chi connectivity index (χ0n) is 17.4. The van der Waals surface area contributed by atoms with Gasteiger partial charge in [0.1, 0.15) is 12.4 Å². The monoisotopic (exact) mass is 416 g/mol. The molecule has 0 radical (unpaired) electrons. The first kappa shape index (κ1) is 22.2. The lowest BCUT2D eigenvalue weighted by Gasteiger charge is -2.28. The number of carbonyl (C=O) groups is 1. The number of hydrogen-bond donors (Lipinski definition) is 2. The molecular formula is C23H29FN2O4. The van der Waals surface area contributed by atoms with Crippen molar-refractivity contribution in [3.63, 3.8) is 0 Å². The Balaban J connectivity index is 1.80. The third-order valence-corrected chi connectivity index (χ3v) is 5.09. The van der Waals surface area contributed by atoms with Gasteiger partial charge >= 0.3 is 0 Å². The van der Waals surface area contributed by atoms with E-state index in [9.17, 15) is 14.3 Å². The highest BCUT2D eigenvalue weighted by Gasteiger charge is 2.25. The Morgan fingerprint density at radius 1 is 1.23 bits per heavy atom. The Morgan fingerprint density at radius 2 is 1.97 bits per heavy atom. The molecule has 0 saturated heterocycles. The van der Waals surface area contributed by atoms with Crippen LogP contribution in [0.1, 0.15) is 49.9 Å². The lowest BCUT2D eigenvalue weighted by Crippen LogP contribution is -2.45. The number of nitrogens with one attached hydrogen (secondary N) is 1. The fourth-order valence-electron chi connectivity index (χ4n) is 3.48. The van der Waals surface area contributed by atoms with Crippen LogP contribution in [0.15, 0.2) is 36.5 Å². The van der Waals surface area contributed by atoms with Gasteiger partial charge in [-0.05, 0) is 50.5 Å². The van der Waals surface area contributed by atoms with Crippen LogP contribution < -0.4 is 10.1 Å². The van der Waals surface area contributed by atoms with Crippen molar-refractivity contribution in [2.75, 3.05) is 13.2 Å². The van der Waals surface area contributed by atoms with Gasteiger partial charge in [0.15, 0.2) is 0 Å². The average molecular weight is 416 g/mol. The molecule has 6 nitrogen and oxygen atoms in total. The summed E-state index contributed by atoms with van der Waals surface area (Å²) in [7, 11) is 0. The second-order valence-electron chi connectivity index (χ2n) is 7.78. The van der Waals surface area contributed by atoms with Gasteiger partial charge in [0.05, 0.1) is 30.4 Å². The Labute approximate surface area is 176 Å². The number of rotatable bonds is 8. The van der Waals surface area contributed by atoms with E-state index in [1.807, 2.05) is 13.8 Å². The lowest BCUT2D eigenvalue weighted by atomic mass is 9.92. The van der Waals surface area contributed by atoms with Crippen LogP contribution in [0.4, 0.5) is 4.39 Å². The topological polar surface area (TPSA) is 80.7 Å². The Hall–Kier alpha value is -2.51. The van der Waals surface area contributed by atoms with Gasteiger partial charge in [-0.15, -0.1) is 0 Å². The zero-order valence-corrected chi connectivity index (χ0v) is 17.4. The first-order chi connectivity index (χ1) is 14.4. The number of hydrogen-bond acceptors (Lipinski definition) is 5. The van der Waals surface area contributed by atoms with Gasteiger partial charge in [-0.2, -0.15) is 0 Å². The summed E-state index contributed by atoms with van der Waals surface area (Å²) in [6.07, 6.45) is 4.41. The highest BCUT2D eigenvalue weighted by Crippen LogP contribution is 2.29. The van der Waals surface area contributed by atoms with Crippen LogP contribution in [0, 0.1) is 5.82 Å². The summed E-state index contributed by atoms with van der Waals surface area (Å²) in [5, 5.41) is 13.0. The summed E-state index contributed by atoms with van der Waals surface area (Å²) in [6, 6.07) is 7.37. The molecule has 2 N–H and O–H groups in total. The van der Waals surface area contributed by atoms with Gasteiger partial charge in [0, 0.05) is 11.8 Å². The normalized spacial score (nSPS) is 19.0. The van der Waals surface area contributed by atoms with E-state index >= 15 is 0 Å². The first-order valence-electron chi connectivity index (χ1n) is 10.4. The highest BCUT2D eigenvalue weighted by molar-refractivity contribution is 5.95. The third-order valence-electron chi connectivity index (χ3n) is 5.09. The third kappa shape index (κ3) is 6.00. The van der Waals surface area contributed by atoms with Gasteiger partial charge in [-0.1, -0.05) is 25.0 Å². The summed E-state index contributed by atoms with van der Waals surface area (Å²) < 4.78 is 24.6. The van der Waals surface area contributed by atoms with Crippen molar-refractivity contribution in [1.29, 1.82) is 0 Å². The number of aromatic nitrogens is 1. The van der Waals surface area contributed by atoms with Crippen LogP contribution in [-0.2, 0) is 4.74 Å². The van der Waals surface area contributed by atoms with Crippen molar-refractivity contribution >= 4 is 5.91 Å². The summed E-state index contributed by atoms with van der Waals surface area (Å²) in [4.78, 5) is 17.1. The molecule has 7 heteroatoms. The number of halogens is 1. The van der Waals surface area contributed by atoms with Gasteiger partial charge in [-0.3, -0.25) is 4.79 Å². The fourth-order valence-corrected chi connectivity index (χ4v) is 3.48. The molecule has 1 aliphatic carbocycles. The number of ether oxygens (including phenoxy) is 2. The van der Waals surface area contributed by atoms with E-state index in [0.717, 1.165) is 19.3 Å². The summed E-state index contributed by atoms with van der Waals surface area (Å²) >= 11 is 0. The lowest BCUT2D eigenvalue weighted by molar-refractivity contribution is 0.0543. The molecular weight excluding hydrogens is 387 g/mol. The maximum absolute atomic E-state index is 13.4. The number of amides is 1. The number of aliphatic hydroxyl groups is 1. The molecule has 1 aromatic heterocycles. The second kappa shape index (κ2) is 10.5. The molecule has 1 heterocycles. The highest BCUT2D eigenvalue weighted by atomic mass is 19.1. The minimum absolute atomic E-state index is 0.0966. The van der Waals surface area contributed by atoms with Crippen LogP contribution >= 0.6 is 0 Å². The predicted octanol–water partition coefficient (Wildman–Crippen LogP) is 3.72. The molecule has 1 aliphatic rings. The van der Waals surface area contributed by atoms with Crippen LogP contribution in [0.3, 0.4) is 0 Å². The summed E-state index contributed by atoms with van der Waals surface area (Å²) in [5.74, 6) is -0.297. The molecule has 1 aromatic carbocycles. The van der Waals surface area contributed by atoms with Crippen LogP contribution in [0.25, 0.3) is 11.1 Å². The van der Waals surface area contributed by atoms with Crippen molar-refractivity contribution < 1.29 is 23.8 Å². The number of pyridine rings is 1. The van der Waals surface area contributed by atoms with E-state index in [-0.39, 0.29) is 23.9 Å². The van der Waals surface area contributed by atoms with E-state index in [0.29, 0.717) is 42.2 Å². The van der Waals surface area contributed by atoms with Crippen LogP contribution in [-0.4, -0.2) is 47.5 Å². The molecule has 0 aliphatic heterocycles. The Bertz CT molecular complexity index is 842. The molecule has 2 aromatic rings. The van der Waals surface area contributed by atoms with Crippen molar-refractivity contribution in [1.82, 2.24) is 10.3 Å². The molecule has 0 bridgehead atoms. The van der Waals surface area contributed by atoms with Gasteiger partial charge in [-0.25, -0.2) is 9.37 Å². The fraction of sp³-hybridized carbons (Fsp3) is 0.478.